The largest absolute Gasteiger partial charge is 0.484 e. The van der Waals surface area contributed by atoms with Gasteiger partial charge in [-0.15, -0.1) is 5.06 Å². The van der Waals surface area contributed by atoms with E-state index < -0.39 is 109 Å². The molecule has 10 N–H and O–H groups in total. The van der Waals surface area contributed by atoms with E-state index in [1.54, 1.807) is 36.4 Å². The molecule has 27 nitrogen and oxygen atoms in total. The fraction of sp³-hybridized carbons (Fsp3) is 0.604. The van der Waals surface area contributed by atoms with E-state index in [0.717, 1.165) is 0 Å². The van der Waals surface area contributed by atoms with Crippen LogP contribution >= 0.6 is 0 Å². The van der Waals surface area contributed by atoms with Gasteiger partial charge >= 0.3 is 5.97 Å². The number of hydroxylamine groups is 2. The lowest BCUT2D eigenvalue weighted by Crippen LogP contribution is -2.57. The van der Waals surface area contributed by atoms with Crippen LogP contribution in [0.25, 0.3) is 11.1 Å². The predicted octanol–water partition coefficient (Wildman–Crippen LogP) is -3.31. The number of amides is 6. The molecule has 0 radical (unpaired) electrons. The van der Waals surface area contributed by atoms with Gasteiger partial charge in [-0.1, -0.05) is 12.1 Å². The first-order valence-corrected chi connectivity index (χ1v) is 24.4. The molecule has 75 heavy (non-hydrogen) atoms. The molecular formula is C48H67N5O22. The molecule has 0 saturated carbocycles. The average molecular weight is 1070 g/mol. The van der Waals surface area contributed by atoms with Gasteiger partial charge in [0.1, 0.15) is 48.1 Å². The van der Waals surface area contributed by atoms with E-state index in [-0.39, 0.29) is 116 Å². The standard InChI is InChI=1S/C48H67N5O22/c1-27-40(60)42(62)44(64)47(73-27)69-20-18-67-16-14-50-35(55)25-71-32-8-6-29(7-9-32)30-22-31(46(66)52-13-12-49-34(54)4-3-5-39(59)75-53-37(57)10-11-38(53)58)24-33(23-30)72-26-36(56)51-15-17-68-19-21-70-48-45(65)43(63)41(61)28(2)74-48/h6-9,22-24,27-28,40-45,47-48,60-65H,3-5,10-21,25-26H2,1-2H3,(H,49,54)(H,50,55)(H,51,56)(H,52,66)/t27-,28-,40-,41-,42+,43+,44+,45+,47+,48+/m0/s1. The lowest BCUT2D eigenvalue weighted by atomic mass is 10.0. The minimum Gasteiger partial charge on any atom is -0.484 e. The highest BCUT2D eigenvalue weighted by atomic mass is 16.7. The number of carbonyl (C=O) groups excluding carboxylic acids is 7. The van der Waals surface area contributed by atoms with Crippen molar-refractivity contribution in [2.75, 3.05) is 79.0 Å². The van der Waals surface area contributed by atoms with Crippen molar-refractivity contribution >= 4 is 41.4 Å². The monoisotopic (exact) mass is 1070 g/mol. The quantitative estimate of drug-likeness (QED) is 0.0270. The molecule has 2 aromatic carbocycles. The van der Waals surface area contributed by atoms with Crippen molar-refractivity contribution in [1.29, 1.82) is 0 Å². The van der Waals surface area contributed by atoms with Crippen LogP contribution in [0.15, 0.2) is 42.5 Å². The summed E-state index contributed by atoms with van der Waals surface area (Å²) in [7, 11) is 0. The summed E-state index contributed by atoms with van der Waals surface area (Å²) < 4.78 is 43.9. The zero-order valence-electron chi connectivity index (χ0n) is 41.5. The Morgan fingerprint density at radius 3 is 1.61 bits per heavy atom. The van der Waals surface area contributed by atoms with Crippen molar-refractivity contribution < 1.29 is 107 Å². The number of benzene rings is 2. The van der Waals surface area contributed by atoms with Gasteiger partial charge in [0.15, 0.2) is 25.8 Å². The average Bonchev–Trinajstić information content (AvgIpc) is 3.71. The van der Waals surface area contributed by atoms with Crippen molar-refractivity contribution in [2.45, 2.75) is 107 Å². The van der Waals surface area contributed by atoms with E-state index in [0.29, 0.717) is 21.9 Å². The highest BCUT2D eigenvalue weighted by Gasteiger charge is 2.43. The fourth-order valence-corrected chi connectivity index (χ4v) is 7.37. The van der Waals surface area contributed by atoms with Crippen molar-refractivity contribution in [3.63, 3.8) is 0 Å². The van der Waals surface area contributed by atoms with Crippen molar-refractivity contribution in [1.82, 2.24) is 26.3 Å². The van der Waals surface area contributed by atoms with Gasteiger partial charge in [-0.2, -0.15) is 0 Å². The molecule has 3 aliphatic heterocycles. The summed E-state index contributed by atoms with van der Waals surface area (Å²) in [6, 6.07) is 11.2. The number of carbonyl (C=O) groups is 7. The van der Waals surface area contributed by atoms with E-state index in [1.807, 2.05) is 0 Å². The molecule has 0 spiro atoms. The molecule has 3 fully saturated rings. The number of imide groups is 1. The van der Waals surface area contributed by atoms with Crippen LogP contribution in [-0.4, -0.2) is 218 Å². The maximum absolute atomic E-state index is 13.4. The van der Waals surface area contributed by atoms with Gasteiger partial charge in [0, 0.05) is 57.4 Å². The number of hydrogen-bond acceptors (Lipinski definition) is 22. The first-order valence-electron chi connectivity index (χ1n) is 24.4. The minimum atomic E-state index is -1.45. The summed E-state index contributed by atoms with van der Waals surface area (Å²) in [5.41, 5.74) is 1.26. The van der Waals surface area contributed by atoms with E-state index in [9.17, 15) is 64.2 Å². The highest BCUT2D eigenvalue weighted by Crippen LogP contribution is 2.29. The zero-order valence-corrected chi connectivity index (χ0v) is 41.5. The van der Waals surface area contributed by atoms with Gasteiger partial charge in [0.05, 0.1) is 51.8 Å². The predicted molar refractivity (Wildman–Crippen MR) is 254 cm³/mol. The minimum absolute atomic E-state index is 0.00804. The second-order valence-electron chi connectivity index (χ2n) is 17.4. The van der Waals surface area contributed by atoms with Gasteiger partial charge in [-0.3, -0.25) is 28.8 Å². The molecule has 10 atom stereocenters. The van der Waals surface area contributed by atoms with Crippen LogP contribution in [0.2, 0.25) is 0 Å². The van der Waals surface area contributed by atoms with E-state index in [1.165, 1.54) is 19.9 Å². The smallest absolute Gasteiger partial charge is 0.333 e. The summed E-state index contributed by atoms with van der Waals surface area (Å²) in [5.74, 6) is -3.44. The van der Waals surface area contributed by atoms with E-state index in [2.05, 4.69) is 21.3 Å². The molecule has 416 valence electrons. The van der Waals surface area contributed by atoms with E-state index in [4.69, 9.17) is 42.7 Å². The number of aliphatic hydroxyl groups excluding tert-OH is 6. The van der Waals surface area contributed by atoms with Crippen LogP contribution in [0.5, 0.6) is 11.5 Å². The Morgan fingerprint density at radius 1 is 0.560 bits per heavy atom. The zero-order chi connectivity index (χ0) is 54.4. The summed E-state index contributed by atoms with van der Waals surface area (Å²) in [6.45, 7) is 2.98. The molecule has 0 unspecified atom stereocenters. The Balaban J connectivity index is 1.05. The molecule has 5 rings (SSSR count). The second-order valence-corrected chi connectivity index (χ2v) is 17.4. The molecule has 0 aromatic heterocycles. The van der Waals surface area contributed by atoms with Crippen molar-refractivity contribution in [3.8, 4) is 22.6 Å². The third kappa shape index (κ3) is 19.3. The van der Waals surface area contributed by atoms with Crippen molar-refractivity contribution in [3.05, 3.63) is 48.0 Å². The number of nitrogens with zero attached hydrogens (tertiary/aromatic N) is 1. The SMILES string of the molecule is C[C@@H]1O[C@@H](OCCOCCNC(=O)COc2ccc(-c3cc(OCC(=O)NCCOCCO[C@@H]4O[C@@H](C)[C@H](O)[C@@H](O)[C@H]4O)cc(C(=O)NCCNC(=O)CCCC(=O)ON4C(=O)CCC4=O)c3)cc2)[C@H](O)[C@H](O)[C@H]1O. The van der Waals surface area contributed by atoms with Crippen LogP contribution < -0.4 is 30.7 Å². The van der Waals surface area contributed by atoms with Crippen molar-refractivity contribution in [2.24, 2.45) is 0 Å². The normalized spacial score (nSPS) is 24.6. The summed E-state index contributed by atoms with van der Waals surface area (Å²) in [5, 5.41) is 70.7. The molecule has 2 aromatic rings. The summed E-state index contributed by atoms with van der Waals surface area (Å²) in [6.07, 6.45) is -12.3. The Hall–Kier alpha value is -5.95. The molecule has 3 heterocycles. The summed E-state index contributed by atoms with van der Waals surface area (Å²) in [4.78, 5) is 91.1. The molecule has 0 aliphatic carbocycles. The maximum atomic E-state index is 13.4. The second kappa shape index (κ2) is 30.6. The molecule has 0 bridgehead atoms. The molecule has 6 amide bonds. The molecule has 27 heteroatoms. The lowest BCUT2D eigenvalue weighted by Gasteiger charge is -2.38. The Labute approximate surface area is 430 Å². The molecule has 3 saturated heterocycles. The first-order chi connectivity index (χ1) is 35.9. The van der Waals surface area contributed by atoms with Gasteiger partial charge < -0.3 is 94.6 Å². The van der Waals surface area contributed by atoms with Gasteiger partial charge in [-0.05, 0) is 61.7 Å². The first kappa shape index (κ1) is 59.9. The van der Waals surface area contributed by atoms with Crippen LogP contribution in [0.1, 0.15) is 56.3 Å². The Bertz CT molecular complexity index is 2190. The van der Waals surface area contributed by atoms with Gasteiger partial charge in [0.2, 0.25) is 5.91 Å². The fourth-order valence-electron chi connectivity index (χ4n) is 7.37. The Kier molecular flexibility index (Phi) is 24.4. The maximum Gasteiger partial charge on any atom is 0.333 e. The Morgan fingerprint density at radius 2 is 1.07 bits per heavy atom. The van der Waals surface area contributed by atoms with Gasteiger partial charge in [-0.25, -0.2) is 4.79 Å². The third-order valence-electron chi connectivity index (χ3n) is 11.6. The summed E-state index contributed by atoms with van der Waals surface area (Å²) >= 11 is 0. The highest BCUT2D eigenvalue weighted by molar-refractivity contribution is 6.01. The van der Waals surface area contributed by atoms with Crippen LogP contribution in [0.3, 0.4) is 0 Å². The number of aliphatic hydroxyl groups is 6. The number of hydrogen-bond donors (Lipinski definition) is 10. The number of rotatable bonds is 30. The van der Waals surface area contributed by atoms with Gasteiger partial charge in [0.25, 0.3) is 29.5 Å². The molecular weight excluding hydrogens is 999 g/mol. The van der Waals surface area contributed by atoms with Crippen LogP contribution in [0, 0.1) is 0 Å². The van der Waals surface area contributed by atoms with Crippen LogP contribution in [0.4, 0.5) is 0 Å². The van der Waals surface area contributed by atoms with E-state index >= 15 is 0 Å². The topological polar surface area (TPSA) is 375 Å². The third-order valence-corrected chi connectivity index (χ3v) is 11.6. The number of ether oxygens (including phenoxy) is 8. The van der Waals surface area contributed by atoms with Crippen LogP contribution in [-0.2, 0) is 62.0 Å². The molecule has 3 aliphatic rings. The number of nitrogens with one attached hydrogen (secondary N) is 4. The lowest BCUT2D eigenvalue weighted by molar-refractivity contribution is -0.294.